The SMILES string of the molecule is Cc1cc(C)n(C[C@@H]2CCCN2C(=O)[C@H]2C[C@@H]2c2ccco2)n1. The average Bonchev–Trinajstić information content (AvgIpc) is 2.90. The van der Waals surface area contributed by atoms with Crippen LogP contribution < -0.4 is 0 Å². The Morgan fingerprint density at radius 2 is 2.30 bits per heavy atom. The van der Waals surface area contributed by atoms with E-state index in [9.17, 15) is 4.79 Å². The zero-order chi connectivity index (χ0) is 16.0. The van der Waals surface area contributed by atoms with Crippen LogP contribution >= 0.6 is 0 Å². The monoisotopic (exact) mass is 313 g/mol. The van der Waals surface area contributed by atoms with Gasteiger partial charge in [-0.15, -0.1) is 0 Å². The molecular formula is C18H23N3O2. The molecule has 0 unspecified atom stereocenters. The quantitative estimate of drug-likeness (QED) is 0.872. The summed E-state index contributed by atoms with van der Waals surface area (Å²) in [5, 5.41) is 4.55. The minimum Gasteiger partial charge on any atom is -0.469 e. The highest BCUT2D eigenvalue weighted by molar-refractivity contribution is 5.83. The van der Waals surface area contributed by atoms with Gasteiger partial charge in [0.1, 0.15) is 5.76 Å². The van der Waals surface area contributed by atoms with Crippen LogP contribution in [0.5, 0.6) is 0 Å². The summed E-state index contributed by atoms with van der Waals surface area (Å²) in [6.45, 7) is 5.78. The lowest BCUT2D eigenvalue weighted by atomic mass is 10.2. The van der Waals surface area contributed by atoms with E-state index in [1.165, 1.54) is 5.69 Å². The van der Waals surface area contributed by atoms with Crippen LogP contribution in [0.4, 0.5) is 0 Å². The van der Waals surface area contributed by atoms with Crippen molar-refractivity contribution in [3.05, 3.63) is 41.6 Å². The Bertz CT molecular complexity index is 704. The standard InChI is InChI=1S/C18H23N3O2/c1-12-9-13(2)21(19-12)11-14-5-3-7-20(14)18(22)16-10-15(16)17-6-4-8-23-17/h4,6,8-9,14-16H,3,5,7,10-11H2,1-2H3/t14-,15-,16-/m0/s1. The van der Waals surface area contributed by atoms with Gasteiger partial charge < -0.3 is 9.32 Å². The molecule has 2 aromatic rings. The molecule has 1 saturated carbocycles. The van der Waals surface area contributed by atoms with Gasteiger partial charge in [-0.1, -0.05) is 0 Å². The number of aryl methyl sites for hydroxylation is 2. The molecule has 2 aliphatic rings. The van der Waals surface area contributed by atoms with E-state index in [0.717, 1.165) is 43.8 Å². The highest BCUT2D eigenvalue weighted by atomic mass is 16.3. The molecule has 2 fully saturated rings. The second kappa shape index (κ2) is 5.55. The number of rotatable bonds is 4. The molecule has 0 bridgehead atoms. The number of likely N-dealkylation sites (tertiary alicyclic amines) is 1. The molecule has 0 radical (unpaired) electrons. The lowest BCUT2D eigenvalue weighted by Crippen LogP contribution is -2.39. The summed E-state index contributed by atoms with van der Waals surface area (Å²) < 4.78 is 7.50. The largest absolute Gasteiger partial charge is 0.469 e. The molecule has 1 aliphatic heterocycles. The zero-order valence-corrected chi connectivity index (χ0v) is 13.7. The van der Waals surface area contributed by atoms with Gasteiger partial charge in [-0.05, 0) is 51.3 Å². The Hall–Kier alpha value is -2.04. The Kier molecular flexibility index (Phi) is 3.51. The van der Waals surface area contributed by atoms with E-state index in [0.29, 0.717) is 5.91 Å². The summed E-state index contributed by atoms with van der Waals surface area (Å²) in [5.74, 6) is 1.66. The van der Waals surface area contributed by atoms with Crippen molar-refractivity contribution in [2.75, 3.05) is 6.54 Å². The second-order valence-corrected chi connectivity index (χ2v) is 6.90. The maximum absolute atomic E-state index is 12.9. The van der Waals surface area contributed by atoms with Crippen molar-refractivity contribution < 1.29 is 9.21 Å². The molecule has 5 nitrogen and oxygen atoms in total. The first-order chi connectivity index (χ1) is 11.1. The molecule has 122 valence electrons. The van der Waals surface area contributed by atoms with E-state index in [4.69, 9.17) is 4.42 Å². The molecule has 4 rings (SSSR count). The molecule has 5 heteroatoms. The van der Waals surface area contributed by atoms with Crippen molar-refractivity contribution in [1.29, 1.82) is 0 Å². The summed E-state index contributed by atoms with van der Waals surface area (Å²) >= 11 is 0. The molecule has 0 N–H and O–H groups in total. The van der Waals surface area contributed by atoms with Gasteiger partial charge in [0.25, 0.3) is 0 Å². The third-order valence-electron chi connectivity index (χ3n) is 5.16. The van der Waals surface area contributed by atoms with Gasteiger partial charge >= 0.3 is 0 Å². The summed E-state index contributed by atoms with van der Waals surface area (Å²) in [6.07, 6.45) is 4.78. The second-order valence-electron chi connectivity index (χ2n) is 6.90. The van der Waals surface area contributed by atoms with Gasteiger partial charge in [0.2, 0.25) is 5.91 Å². The zero-order valence-electron chi connectivity index (χ0n) is 13.7. The lowest BCUT2D eigenvalue weighted by molar-refractivity contribution is -0.133. The van der Waals surface area contributed by atoms with Gasteiger partial charge in [-0.2, -0.15) is 5.10 Å². The van der Waals surface area contributed by atoms with Crippen LogP contribution in [0.25, 0.3) is 0 Å². The van der Waals surface area contributed by atoms with E-state index in [2.05, 4.69) is 23.0 Å². The van der Waals surface area contributed by atoms with Crippen LogP contribution in [0.3, 0.4) is 0 Å². The highest BCUT2D eigenvalue weighted by Gasteiger charge is 2.49. The third kappa shape index (κ3) is 2.69. The fourth-order valence-corrected chi connectivity index (χ4v) is 3.87. The molecule has 0 spiro atoms. The number of nitrogens with zero attached hydrogens (tertiary/aromatic N) is 3. The van der Waals surface area contributed by atoms with E-state index < -0.39 is 0 Å². The van der Waals surface area contributed by atoms with E-state index in [-0.39, 0.29) is 17.9 Å². The number of carbonyl (C=O) groups is 1. The van der Waals surface area contributed by atoms with Crippen LogP contribution in [-0.4, -0.2) is 33.2 Å². The first-order valence-corrected chi connectivity index (χ1v) is 8.48. The molecule has 0 aromatic carbocycles. The maximum Gasteiger partial charge on any atom is 0.226 e. The van der Waals surface area contributed by atoms with Crippen molar-refractivity contribution in [3.63, 3.8) is 0 Å². The highest BCUT2D eigenvalue weighted by Crippen LogP contribution is 2.49. The molecule has 2 aromatic heterocycles. The van der Waals surface area contributed by atoms with Gasteiger partial charge in [0.05, 0.1) is 24.5 Å². The Labute approximate surface area is 136 Å². The molecule has 1 amide bonds. The predicted octanol–water partition coefficient (Wildman–Crippen LogP) is 2.89. The van der Waals surface area contributed by atoms with Crippen LogP contribution in [0.2, 0.25) is 0 Å². The molecule has 3 atom stereocenters. The third-order valence-corrected chi connectivity index (χ3v) is 5.16. The lowest BCUT2D eigenvalue weighted by Gasteiger charge is -2.25. The van der Waals surface area contributed by atoms with E-state index in [1.54, 1.807) is 6.26 Å². The average molecular weight is 313 g/mol. The molecule has 1 aliphatic carbocycles. The van der Waals surface area contributed by atoms with Gasteiger partial charge in [0, 0.05) is 24.1 Å². The fraction of sp³-hybridized carbons (Fsp3) is 0.556. The predicted molar refractivity (Wildman–Crippen MR) is 86.0 cm³/mol. The van der Waals surface area contributed by atoms with Gasteiger partial charge in [-0.3, -0.25) is 9.48 Å². The first kappa shape index (κ1) is 14.5. The first-order valence-electron chi connectivity index (χ1n) is 8.48. The topological polar surface area (TPSA) is 51.3 Å². The van der Waals surface area contributed by atoms with Crippen molar-refractivity contribution in [3.8, 4) is 0 Å². The van der Waals surface area contributed by atoms with Crippen LogP contribution in [0, 0.1) is 19.8 Å². The van der Waals surface area contributed by atoms with Gasteiger partial charge in [-0.25, -0.2) is 0 Å². The minimum absolute atomic E-state index is 0.113. The number of amides is 1. The van der Waals surface area contributed by atoms with Crippen molar-refractivity contribution >= 4 is 5.91 Å². The number of hydrogen-bond acceptors (Lipinski definition) is 3. The minimum atomic E-state index is 0.113. The summed E-state index contributed by atoms with van der Waals surface area (Å²) in [7, 11) is 0. The normalized spacial score (nSPS) is 26.7. The Morgan fingerprint density at radius 1 is 1.43 bits per heavy atom. The smallest absolute Gasteiger partial charge is 0.226 e. The number of hydrogen-bond donors (Lipinski definition) is 0. The molecule has 23 heavy (non-hydrogen) atoms. The van der Waals surface area contributed by atoms with Crippen LogP contribution in [-0.2, 0) is 11.3 Å². The van der Waals surface area contributed by atoms with Crippen molar-refractivity contribution in [1.82, 2.24) is 14.7 Å². The number of furan rings is 1. The number of aromatic nitrogens is 2. The van der Waals surface area contributed by atoms with E-state index in [1.807, 2.05) is 23.7 Å². The molecule has 3 heterocycles. The van der Waals surface area contributed by atoms with Crippen molar-refractivity contribution in [2.45, 2.75) is 51.6 Å². The van der Waals surface area contributed by atoms with Crippen LogP contribution in [0.15, 0.2) is 28.9 Å². The molecule has 1 saturated heterocycles. The van der Waals surface area contributed by atoms with Crippen molar-refractivity contribution in [2.24, 2.45) is 5.92 Å². The van der Waals surface area contributed by atoms with E-state index >= 15 is 0 Å². The number of carbonyl (C=O) groups excluding carboxylic acids is 1. The fourth-order valence-electron chi connectivity index (χ4n) is 3.87. The van der Waals surface area contributed by atoms with Gasteiger partial charge in [0.15, 0.2) is 0 Å². The van der Waals surface area contributed by atoms with Crippen LogP contribution in [0.1, 0.15) is 42.3 Å². The summed E-state index contributed by atoms with van der Waals surface area (Å²) in [6, 6.07) is 6.25. The molecular weight excluding hydrogens is 290 g/mol. The Morgan fingerprint density at radius 3 is 3.00 bits per heavy atom. The maximum atomic E-state index is 12.9. The Balaban J connectivity index is 1.44. The summed E-state index contributed by atoms with van der Waals surface area (Å²) in [4.78, 5) is 14.9. The summed E-state index contributed by atoms with van der Waals surface area (Å²) in [5.41, 5.74) is 2.21.